The molecule has 0 spiro atoms. The maximum absolute atomic E-state index is 5.92. The molecule has 0 saturated heterocycles. The number of ether oxygens (including phenoxy) is 1. The summed E-state index contributed by atoms with van der Waals surface area (Å²) >= 11 is 0. The number of nitrogens with one attached hydrogen (secondary N) is 1. The van der Waals surface area contributed by atoms with Crippen LogP contribution in [0.3, 0.4) is 0 Å². The van der Waals surface area contributed by atoms with Crippen molar-refractivity contribution in [3.8, 4) is 22.8 Å². The van der Waals surface area contributed by atoms with Crippen LogP contribution in [0.4, 0.5) is 17.5 Å². The Hall–Kier alpha value is -4.46. The smallest absolute Gasteiger partial charge is 0.222 e. The molecule has 0 amide bonds. The SMILES string of the molecule is CCN=C(N)c1cc(Oc2ccc(Nc3cc(-c4ccccc4)nc(N)n3)cc2)ccn1. The van der Waals surface area contributed by atoms with Crippen LogP contribution in [0.5, 0.6) is 11.5 Å². The maximum atomic E-state index is 5.92. The minimum Gasteiger partial charge on any atom is -0.457 e. The molecule has 4 aromatic rings. The first-order chi connectivity index (χ1) is 15.6. The van der Waals surface area contributed by atoms with Crippen LogP contribution in [0.2, 0.25) is 0 Å². The van der Waals surface area contributed by atoms with E-state index in [0.717, 1.165) is 16.9 Å². The molecule has 160 valence electrons. The van der Waals surface area contributed by atoms with Crippen molar-refractivity contribution in [2.24, 2.45) is 10.7 Å². The molecule has 8 heteroatoms. The molecule has 0 radical (unpaired) electrons. The van der Waals surface area contributed by atoms with E-state index < -0.39 is 0 Å². The lowest BCUT2D eigenvalue weighted by Crippen LogP contribution is -2.15. The molecule has 8 nitrogen and oxygen atoms in total. The second-order valence-corrected chi connectivity index (χ2v) is 6.85. The van der Waals surface area contributed by atoms with Crippen molar-refractivity contribution >= 4 is 23.3 Å². The van der Waals surface area contributed by atoms with E-state index in [1.165, 1.54) is 0 Å². The Morgan fingerprint density at radius 1 is 0.969 bits per heavy atom. The molecule has 2 aromatic heterocycles. The van der Waals surface area contributed by atoms with Gasteiger partial charge in [0.25, 0.3) is 0 Å². The average Bonchev–Trinajstić information content (AvgIpc) is 2.81. The molecule has 0 aliphatic rings. The third kappa shape index (κ3) is 5.17. The number of aliphatic imine (C=N–C) groups is 1. The molecule has 0 aliphatic carbocycles. The third-order valence-electron chi connectivity index (χ3n) is 4.50. The largest absolute Gasteiger partial charge is 0.457 e. The van der Waals surface area contributed by atoms with Crippen LogP contribution in [0.1, 0.15) is 12.6 Å². The molecule has 0 saturated carbocycles. The standard InChI is InChI=1S/C24H23N7O/c1-2-27-23(25)21-14-19(12-13-28-21)32-18-10-8-17(9-11-18)29-22-15-20(30-24(26)31-22)16-6-4-3-5-7-16/h3-15H,2H2,1H3,(H2,25,27)(H3,26,29,30,31). The summed E-state index contributed by atoms with van der Waals surface area (Å²) in [6.45, 7) is 2.51. The van der Waals surface area contributed by atoms with E-state index in [9.17, 15) is 0 Å². The van der Waals surface area contributed by atoms with E-state index >= 15 is 0 Å². The lowest BCUT2D eigenvalue weighted by Gasteiger charge is -2.10. The minimum absolute atomic E-state index is 0.202. The summed E-state index contributed by atoms with van der Waals surface area (Å²) in [7, 11) is 0. The zero-order valence-electron chi connectivity index (χ0n) is 17.6. The van der Waals surface area contributed by atoms with E-state index in [1.54, 1.807) is 18.3 Å². The molecule has 0 unspecified atom stereocenters. The van der Waals surface area contributed by atoms with Gasteiger partial charge >= 0.3 is 0 Å². The first-order valence-electron chi connectivity index (χ1n) is 10.1. The first-order valence-corrected chi connectivity index (χ1v) is 10.1. The fourth-order valence-electron chi connectivity index (χ4n) is 3.04. The van der Waals surface area contributed by atoms with Gasteiger partial charge in [-0.3, -0.25) is 9.98 Å². The van der Waals surface area contributed by atoms with Gasteiger partial charge in [-0.05, 0) is 37.3 Å². The number of hydrogen-bond donors (Lipinski definition) is 3. The lowest BCUT2D eigenvalue weighted by molar-refractivity contribution is 0.482. The van der Waals surface area contributed by atoms with Gasteiger partial charge in [0.05, 0.1) is 5.69 Å². The van der Waals surface area contributed by atoms with Gasteiger partial charge in [-0.1, -0.05) is 30.3 Å². The highest BCUT2D eigenvalue weighted by Gasteiger charge is 2.07. The molecule has 0 aliphatic heterocycles. The highest BCUT2D eigenvalue weighted by molar-refractivity contribution is 5.95. The monoisotopic (exact) mass is 425 g/mol. The van der Waals surface area contributed by atoms with Gasteiger partial charge in [0, 0.05) is 36.1 Å². The summed E-state index contributed by atoms with van der Waals surface area (Å²) in [6, 6.07) is 22.7. The van der Waals surface area contributed by atoms with Gasteiger partial charge in [0.2, 0.25) is 5.95 Å². The molecular weight excluding hydrogens is 402 g/mol. The van der Waals surface area contributed by atoms with Crippen LogP contribution in [-0.4, -0.2) is 27.3 Å². The highest BCUT2D eigenvalue weighted by atomic mass is 16.5. The number of nitrogen functional groups attached to an aromatic ring is 1. The van der Waals surface area contributed by atoms with Crippen molar-refractivity contribution < 1.29 is 4.74 Å². The highest BCUT2D eigenvalue weighted by Crippen LogP contribution is 2.26. The van der Waals surface area contributed by atoms with E-state index in [4.69, 9.17) is 16.2 Å². The molecular formula is C24H23N7O. The van der Waals surface area contributed by atoms with Crippen molar-refractivity contribution in [1.29, 1.82) is 0 Å². The normalized spacial score (nSPS) is 11.2. The van der Waals surface area contributed by atoms with Gasteiger partial charge in [-0.15, -0.1) is 0 Å². The summed E-state index contributed by atoms with van der Waals surface area (Å²) in [5.74, 6) is 2.49. The number of aromatic nitrogens is 3. The van der Waals surface area contributed by atoms with Crippen molar-refractivity contribution in [3.05, 3.63) is 84.7 Å². The number of rotatable bonds is 7. The fourth-order valence-corrected chi connectivity index (χ4v) is 3.04. The second-order valence-electron chi connectivity index (χ2n) is 6.85. The third-order valence-corrected chi connectivity index (χ3v) is 4.50. The van der Waals surface area contributed by atoms with Crippen LogP contribution in [-0.2, 0) is 0 Å². The number of benzene rings is 2. The predicted molar refractivity (Wildman–Crippen MR) is 127 cm³/mol. The quantitative estimate of drug-likeness (QED) is 0.296. The predicted octanol–water partition coefficient (Wildman–Crippen LogP) is 4.38. The minimum atomic E-state index is 0.202. The average molecular weight is 425 g/mol. The Balaban J connectivity index is 1.48. The van der Waals surface area contributed by atoms with Gasteiger partial charge in [-0.2, -0.15) is 4.98 Å². The van der Waals surface area contributed by atoms with Crippen molar-refractivity contribution in [1.82, 2.24) is 15.0 Å². The number of pyridine rings is 1. The molecule has 4 rings (SSSR count). The van der Waals surface area contributed by atoms with Gasteiger partial charge in [0.15, 0.2) is 0 Å². The first kappa shape index (κ1) is 20.8. The number of amidine groups is 1. The van der Waals surface area contributed by atoms with Crippen molar-refractivity contribution in [2.45, 2.75) is 6.92 Å². The Morgan fingerprint density at radius 3 is 2.50 bits per heavy atom. The molecule has 0 fully saturated rings. The summed E-state index contributed by atoms with van der Waals surface area (Å²) < 4.78 is 5.92. The van der Waals surface area contributed by atoms with Crippen LogP contribution >= 0.6 is 0 Å². The zero-order chi connectivity index (χ0) is 22.3. The molecule has 0 bridgehead atoms. The van der Waals surface area contributed by atoms with Crippen LogP contribution in [0, 0.1) is 0 Å². The Bertz CT molecular complexity index is 1220. The topological polar surface area (TPSA) is 124 Å². The lowest BCUT2D eigenvalue weighted by atomic mass is 10.1. The fraction of sp³-hybridized carbons (Fsp3) is 0.0833. The molecule has 2 heterocycles. The maximum Gasteiger partial charge on any atom is 0.222 e. The van der Waals surface area contributed by atoms with E-state index in [0.29, 0.717) is 35.4 Å². The Morgan fingerprint density at radius 2 is 1.75 bits per heavy atom. The molecule has 32 heavy (non-hydrogen) atoms. The molecule has 0 atom stereocenters. The van der Waals surface area contributed by atoms with Crippen LogP contribution in [0.25, 0.3) is 11.3 Å². The van der Waals surface area contributed by atoms with E-state index in [-0.39, 0.29) is 5.95 Å². The number of nitrogens with two attached hydrogens (primary N) is 2. The summed E-state index contributed by atoms with van der Waals surface area (Å²) in [6.07, 6.45) is 1.64. The zero-order valence-corrected chi connectivity index (χ0v) is 17.6. The number of hydrogen-bond acceptors (Lipinski definition) is 7. The van der Waals surface area contributed by atoms with Crippen LogP contribution in [0.15, 0.2) is 84.0 Å². The van der Waals surface area contributed by atoms with E-state index in [1.807, 2.05) is 67.6 Å². The van der Waals surface area contributed by atoms with Gasteiger partial charge in [-0.25, -0.2) is 4.98 Å². The van der Waals surface area contributed by atoms with Gasteiger partial charge in [0.1, 0.15) is 28.8 Å². The molecule has 5 N–H and O–H groups in total. The van der Waals surface area contributed by atoms with Gasteiger partial charge < -0.3 is 21.5 Å². The summed E-state index contributed by atoms with van der Waals surface area (Å²) in [5.41, 5.74) is 15.0. The number of anilines is 3. The second kappa shape index (κ2) is 9.57. The Labute approximate surface area is 186 Å². The van der Waals surface area contributed by atoms with E-state index in [2.05, 4.69) is 25.3 Å². The number of nitrogens with zero attached hydrogens (tertiary/aromatic N) is 4. The molecule has 2 aromatic carbocycles. The van der Waals surface area contributed by atoms with Crippen LogP contribution < -0.4 is 21.5 Å². The van der Waals surface area contributed by atoms with Crippen molar-refractivity contribution in [3.63, 3.8) is 0 Å². The van der Waals surface area contributed by atoms with Crippen molar-refractivity contribution in [2.75, 3.05) is 17.6 Å². The summed E-state index contributed by atoms with van der Waals surface area (Å²) in [5, 5.41) is 3.26. The summed E-state index contributed by atoms with van der Waals surface area (Å²) in [4.78, 5) is 17.0. The Kier molecular flexibility index (Phi) is 6.22.